The molecule has 0 amide bonds. The smallest absolute Gasteiger partial charge is 0.419 e. The second kappa shape index (κ2) is 6.09. The number of halogens is 3. The molecule has 0 heterocycles. The fraction of sp³-hybridized carbons (Fsp3) is 0.538. The zero-order valence-corrected chi connectivity index (χ0v) is 10.4. The van der Waals surface area contributed by atoms with Crippen molar-refractivity contribution in [3.8, 4) is 5.75 Å². The summed E-state index contributed by atoms with van der Waals surface area (Å²) >= 11 is 0. The van der Waals surface area contributed by atoms with Crippen molar-refractivity contribution in [1.82, 2.24) is 0 Å². The molecule has 0 bridgehead atoms. The number of rotatable bonds is 5. The van der Waals surface area contributed by atoms with E-state index in [-0.39, 0.29) is 23.8 Å². The van der Waals surface area contributed by atoms with Gasteiger partial charge in [-0.15, -0.1) is 0 Å². The molecule has 0 saturated heterocycles. The van der Waals surface area contributed by atoms with Crippen molar-refractivity contribution < 1.29 is 23.0 Å². The summed E-state index contributed by atoms with van der Waals surface area (Å²) in [4.78, 5) is 0. The molecule has 0 spiro atoms. The molecule has 1 aromatic carbocycles. The summed E-state index contributed by atoms with van der Waals surface area (Å²) in [5.41, 5.74) is -0.615. The average Bonchev–Trinajstić information content (AvgIpc) is 2.34. The van der Waals surface area contributed by atoms with Gasteiger partial charge in [-0.2, -0.15) is 13.2 Å². The molecule has 0 aliphatic carbocycles. The van der Waals surface area contributed by atoms with Gasteiger partial charge in [-0.3, -0.25) is 0 Å². The number of benzene rings is 1. The summed E-state index contributed by atoms with van der Waals surface area (Å²) in [6, 6.07) is 3.61. The van der Waals surface area contributed by atoms with Crippen molar-refractivity contribution in [2.45, 2.75) is 33.1 Å². The lowest BCUT2D eigenvalue weighted by Gasteiger charge is -2.17. The van der Waals surface area contributed by atoms with Crippen LogP contribution in [0, 0.1) is 5.92 Å². The third-order valence-corrected chi connectivity index (χ3v) is 2.75. The summed E-state index contributed by atoms with van der Waals surface area (Å²) in [6.45, 7) is 3.69. The van der Waals surface area contributed by atoms with E-state index in [1.807, 2.05) is 13.8 Å². The molecule has 1 aromatic rings. The fourth-order valence-electron chi connectivity index (χ4n) is 1.37. The molecule has 18 heavy (non-hydrogen) atoms. The van der Waals surface area contributed by atoms with Crippen LogP contribution >= 0.6 is 0 Å². The molecule has 0 fully saturated rings. The summed E-state index contributed by atoms with van der Waals surface area (Å²) in [5.74, 6) is 0.0172. The van der Waals surface area contributed by atoms with Crippen LogP contribution in [0.1, 0.15) is 31.4 Å². The number of aliphatic hydroxyl groups excluding tert-OH is 1. The predicted octanol–water partition coefficient (Wildman–Crippen LogP) is 3.62. The molecular weight excluding hydrogens is 245 g/mol. The maximum absolute atomic E-state index is 12.8. The molecule has 1 N–H and O–H groups in total. The Kier molecular flexibility index (Phi) is 5.02. The second-order valence-electron chi connectivity index (χ2n) is 4.31. The highest BCUT2D eigenvalue weighted by Gasteiger charge is 2.34. The molecule has 0 radical (unpaired) electrons. The molecular formula is C13H17F3O2. The molecule has 0 aliphatic rings. The van der Waals surface area contributed by atoms with Gasteiger partial charge in [0.25, 0.3) is 0 Å². The number of alkyl halides is 3. The molecule has 0 saturated carbocycles. The standard InChI is InChI=1S/C13H17F3O2/c1-3-9(2)8-18-12-5-4-10(7-17)6-11(12)13(14,15)16/h4-6,9,17H,3,7-8H2,1-2H3. The SMILES string of the molecule is CCC(C)COc1ccc(CO)cc1C(F)(F)F. The minimum absolute atomic E-state index is 0.181. The minimum atomic E-state index is -4.48. The summed E-state index contributed by atoms with van der Waals surface area (Å²) in [7, 11) is 0. The molecule has 0 aliphatic heterocycles. The Morgan fingerprint density at radius 2 is 2.00 bits per heavy atom. The van der Waals surface area contributed by atoms with Gasteiger partial charge in [0.15, 0.2) is 0 Å². The van der Waals surface area contributed by atoms with E-state index < -0.39 is 18.3 Å². The molecule has 0 aromatic heterocycles. The van der Waals surface area contributed by atoms with Gasteiger partial charge in [0.2, 0.25) is 0 Å². The Balaban J connectivity index is 2.96. The zero-order valence-electron chi connectivity index (χ0n) is 10.4. The highest BCUT2D eigenvalue weighted by atomic mass is 19.4. The van der Waals surface area contributed by atoms with Crippen molar-refractivity contribution >= 4 is 0 Å². The van der Waals surface area contributed by atoms with Gasteiger partial charge < -0.3 is 9.84 Å². The van der Waals surface area contributed by atoms with E-state index in [1.165, 1.54) is 12.1 Å². The van der Waals surface area contributed by atoms with Gasteiger partial charge in [0, 0.05) is 0 Å². The highest BCUT2D eigenvalue weighted by Crippen LogP contribution is 2.37. The maximum atomic E-state index is 12.8. The minimum Gasteiger partial charge on any atom is -0.493 e. The van der Waals surface area contributed by atoms with Crippen LogP contribution < -0.4 is 4.74 Å². The predicted molar refractivity (Wildman–Crippen MR) is 62.3 cm³/mol. The Morgan fingerprint density at radius 1 is 1.33 bits per heavy atom. The van der Waals surface area contributed by atoms with E-state index in [0.29, 0.717) is 0 Å². The van der Waals surface area contributed by atoms with E-state index in [4.69, 9.17) is 9.84 Å². The van der Waals surface area contributed by atoms with Gasteiger partial charge in [0.1, 0.15) is 5.75 Å². The van der Waals surface area contributed by atoms with E-state index >= 15 is 0 Å². The number of ether oxygens (including phenoxy) is 1. The van der Waals surface area contributed by atoms with Crippen LogP contribution in [0.15, 0.2) is 18.2 Å². The third-order valence-electron chi connectivity index (χ3n) is 2.75. The molecule has 1 rings (SSSR count). The van der Waals surface area contributed by atoms with Crippen LogP contribution in [0.3, 0.4) is 0 Å². The number of hydrogen-bond donors (Lipinski definition) is 1. The maximum Gasteiger partial charge on any atom is 0.419 e. The van der Waals surface area contributed by atoms with Gasteiger partial charge in [-0.05, 0) is 23.6 Å². The van der Waals surface area contributed by atoms with Crippen molar-refractivity contribution in [2.75, 3.05) is 6.61 Å². The van der Waals surface area contributed by atoms with Crippen LogP contribution in [-0.4, -0.2) is 11.7 Å². The van der Waals surface area contributed by atoms with E-state index in [9.17, 15) is 13.2 Å². The van der Waals surface area contributed by atoms with Gasteiger partial charge in [-0.1, -0.05) is 26.3 Å². The van der Waals surface area contributed by atoms with Crippen LogP contribution in [0.4, 0.5) is 13.2 Å². The Labute approximate surface area is 104 Å². The topological polar surface area (TPSA) is 29.5 Å². The van der Waals surface area contributed by atoms with E-state index in [0.717, 1.165) is 12.5 Å². The first kappa shape index (κ1) is 14.8. The van der Waals surface area contributed by atoms with Crippen LogP contribution in [0.5, 0.6) is 5.75 Å². The monoisotopic (exact) mass is 262 g/mol. The zero-order chi connectivity index (χ0) is 13.8. The number of aliphatic hydroxyl groups is 1. The van der Waals surface area contributed by atoms with Crippen LogP contribution in [-0.2, 0) is 12.8 Å². The van der Waals surface area contributed by atoms with Gasteiger partial charge >= 0.3 is 6.18 Å². The van der Waals surface area contributed by atoms with E-state index in [2.05, 4.69) is 0 Å². The largest absolute Gasteiger partial charge is 0.493 e. The Morgan fingerprint density at radius 3 is 2.50 bits per heavy atom. The molecule has 102 valence electrons. The molecule has 1 atom stereocenters. The first-order valence-electron chi connectivity index (χ1n) is 5.82. The third kappa shape index (κ3) is 3.91. The highest BCUT2D eigenvalue weighted by molar-refractivity contribution is 5.39. The lowest BCUT2D eigenvalue weighted by atomic mass is 10.1. The van der Waals surface area contributed by atoms with Gasteiger partial charge in [0.05, 0.1) is 18.8 Å². The van der Waals surface area contributed by atoms with Crippen molar-refractivity contribution in [2.24, 2.45) is 5.92 Å². The first-order valence-corrected chi connectivity index (χ1v) is 5.82. The number of hydrogen-bond acceptors (Lipinski definition) is 2. The van der Waals surface area contributed by atoms with E-state index in [1.54, 1.807) is 0 Å². The molecule has 1 unspecified atom stereocenters. The van der Waals surface area contributed by atoms with Crippen molar-refractivity contribution in [3.63, 3.8) is 0 Å². The first-order chi connectivity index (χ1) is 8.38. The summed E-state index contributed by atoms with van der Waals surface area (Å²) < 4.78 is 43.6. The lowest BCUT2D eigenvalue weighted by molar-refractivity contribution is -0.139. The Hall–Kier alpha value is -1.23. The van der Waals surface area contributed by atoms with Crippen molar-refractivity contribution in [1.29, 1.82) is 0 Å². The molecule has 2 nitrogen and oxygen atoms in total. The quantitative estimate of drug-likeness (QED) is 0.878. The fourth-order valence-corrected chi connectivity index (χ4v) is 1.37. The second-order valence-corrected chi connectivity index (χ2v) is 4.31. The molecule has 5 heteroatoms. The van der Waals surface area contributed by atoms with Crippen LogP contribution in [0.2, 0.25) is 0 Å². The lowest BCUT2D eigenvalue weighted by Crippen LogP contribution is -2.13. The summed E-state index contributed by atoms with van der Waals surface area (Å²) in [6.07, 6.45) is -3.63. The normalized spacial score (nSPS) is 13.4. The Bertz CT molecular complexity index is 388. The van der Waals surface area contributed by atoms with Gasteiger partial charge in [-0.25, -0.2) is 0 Å². The van der Waals surface area contributed by atoms with Crippen molar-refractivity contribution in [3.05, 3.63) is 29.3 Å². The summed E-state index contributed by atoms with van der Waals surface area (Å²) in [5, 5.41) is 8.87. The average molecular weight is 262 g/mol. The van der Waals surface area contributed by atoms with Crippen LogP contribution in [0.25, 0.3) is 0 Å².